The third kappa shape index (κ3) is 4.46. The lowest BCUT2D eigenvalue weighted by Gasteiger charge is -2.41. The lowest BCUT2D eigenvalue weighted by atomic mass is 9.97. The summed E-state index contributed by atoms with van der Waals surface area (Å²) in [6.45, 7) is 0. The van der Waals surface area contributed by atoms with Gasteiger partial charge in [-0.3, -0.25) is 9.59 Å². The van der Waals surface area contributed by atoms with Gasteiger partial charge in [-0.25, -0.2) is 0 Å². The van der Waals surface area contributed by atoms with Crippen LogP contribution < -0.4 is 5.32 Å². The van der Waals surface area contributed by atoms with Crippen LogP contribution in [0.15, 0.2) is 0 Å². The molecule has 1 heterocycles. The molecule has 5 atom stereocenters. The van der Waals surface area contributed by atoms with E-state index in [0.717, 1.165) is 0 Å². The number of aliphatic hydroxyl groups is 1. The van der Waals surface area contributed by atoms with Gasteiger partial charge in [0.1, 0.15) is 24.4 Å². The van der Waals surface area contributed by atoms with E-state index in [1.54, 1.807) is 0 Å². The Bertz CT molecular complexity index is 387. The fourth-order valence-corrected chi connectivity index (χ4v) is 2.09. The first-order valence-corrected chi connectivity index (χ1v) is 6.30. The van der Waals surface area contributed by atoms with Crippen LogP contribution in [0.1, 0.15) is 12.8 Å². The van der Waals surface area contributed by atoms with E-state index in [9.17, 15) is 19.5 Å². The van der Waals surface area contributed by atoms with Crippen molar-refractivity contribution in [1.82, 2.24) is 5.32 Å². The Kier molecular flexibility index (Phi) is 6.69. The first kappa shape index (κ1) is 17.5. The summed E-state index contributed by atoms with van der Waals surface area (Å²) >= 11 is 0. The molecule has 120 valence electrons. The lowest BCUT2D eigenvalue weighted by Crippen LogP contribution is -2.64. The molecule has 0 aromatic carbocycles. The summed E-state index contributed by atoms with van der Waals surface area (Å²) in [5.74, 6) is -1.68. The van der Waals surface area contributed by atoms with Crippen LogP contribution in [0.3, 0.4) is 0 Å². The van der Waals surface area contributed by atoms with Crippen molar-refractivity contribution in [1.29, 1.82) is 0 Å². The zero-order valence-electron chi connectivity index (χ0n) is 11.7. The van der Waals surface area contributed by atoms with Crippen molar-refractivity contribution in [2.45, 2.75) is 43.5 Å². The van der Waals surface area contributed by atoms with Gasteiger partial charge in [-0.1, -0.05) is 0 Å². The second-order valence-electron chi connectivity index (χ2n) is 4.52. The van der Waals surface area contributed by atoms with E-state index < -0.39 is 42.5 Å². The number of carboxylic acids is 1. The Labute approximate surface area is 121 Å². The number of carbonyl (C=O) groups excluding carboxylic acids is 2. The van der Waals surface area contributed by atoms with Gasteiger partial charge in [0.05, 0.1) is 6.42 Å². The maximum Gasteiger partial charge on any atom is 0.303 e. The van der Waals surface area contributed by atoms with Crippen molar-refractivity contribution >= 4 is 18.2 Å². The van der Waals surface area contributed by atoms with Crippen LogP contribution in [0.25, 0.3) is 0 Å². The number of amides is 1. The molecule has 0 aliphatic carbocycles. The molecule has 1 fully saturated rings. The van der Waals surface area contributed by atoms with Gasteiger partial charge >= 0.3 is 5.97 Å². The third-order valence-electron chi connectivity index (χ3n) is 3.14. The lowest BCUT2D eigenvalue weighted by molar-refractivity contribution is -0.252. The number of hydrogen-bond donors (Lipinski definition) is 3. The smallest absolute Gasteiger partial charge is 0.303 e. The van der Waals surface area contributed by atoms with Crippen molar-refractivity contribution in [3.05, 3.63) is 0 Å². The first-order valence-electron chi connectivity index (χ1n) is 6.30. The highest BCUT2D eigenvalue weighted by Gasteiger charge is 2.46. The average Bonchev–Trinajstić information content (AvgIpc) is 2.46. The zero-order valence-corrected chi connectivity index (χ0v) is 11.7. The molecule has 3 N–H and O–H groups in total. The molecule has 1 aliphatic heterocycles. The number of nitrogens with one attached hydrogen (secondary N) is 1. The normalized spacial score (nSPS) is 32.4. The van der Waals surface area contributed by atoms with Crippen LogP contribution >= 0.6 is 0 Å². The van der Waals surface area contributed by atoms with Crippen molar-refractivity contribution in [2.75, 3.05) is 14.2 Å². The topological polar surface area (TPSA) is 131 Å². The Morgan fingerprint density at radius 2 is 1.95 bits per heavy atom. The van der Waals surface area contributed by atoms with Gasteiger partial charge in [0.25, 0.3) is 0 Å². The molecule has 0 bridgehead atoms. The van der Waals surface area contributed by atoms with E-state index in [0.29, 0.717) is 6.29 Å². The molecule has 1 rings (SSSR count). The second-order valence-corrected chi connectivity index (χ2v) is 4.52. The van der Waals surface area contributed by atoms with Crippen molar-refractivity contribution in [3.63, 3.8) is 0 Å². The molecule has 21 heavy (non-hydrogen) atoms. The predicted octanol–water partition coefficient (Wildman–Crippen LogP) is -1.72. The van der Waals surface area contributed by atoms with Crippen LogP contribution in [0.4, 0.5) is 0 Å². The molecule has 1 saturated heterocycles. The second kappa shape index (κ2) is 8.03. The van der Waals surface area contributed by atoms with Crippen LogP contribution in [0, 0.1) is 0 Å². The number of methoxy groups -OCH3 is 2. The SMILES string of the molecule is COC1OC(C=O)C(OC)C(O)C1NC(=O)CCC(=O)O. The van der Waals surface area contributed by atoms with Gasteiger partial charge in [-0.05, 0) is 0 Å². The highest BCUT2D eigenvalue weighted by molar-refractivity contribution is 5.80. The van der Waals surface area contributed by atoms with Crippen molar-refractivity contribution in [3.8, 4) is 0 Å². The maximum atomic E-state index is 11.7. The molecule has 5 unspecified atom stereocenters. The summed E-state index contributed by atoms with van der Waals surface area (Å²) in [6, 6.07) is -0.975. The molecule has 1 amide bonds. The van der Waals surface area contributed by atoms with Crippen LogP contribution in [-0.2, 0) is 28.6 Å². The van der Waals surface area contributed by atoms with Gasteiger partial charge in [0.15, 0.2) is 12.6 Å². The van der Waals surface area contributed by atoms with Crippen LogP contribution in [0.2, 0.25) is 0 Å². The highest BCUT2D eigenvalue weighted by atomic mass is 16.7. The standard InChI is InChI=1S/C12H19NO8/c1-19-11-6(5-14)21-12(20-2)9(10(11)18)13-7(15)3-4-8(16)17/h5-6,9-12,18H,3-4H2,1-2H3,(H,13,15)(H,16,17). The summed E-state index contributed by atoms with van der Waals surface area (Å²) in [4.78, 5) is 33.0. The fourth-order valence-electron chi connectivity index (χ4n) is 2.09. The van der Waals surface area contributed by atoms with E-state index in [2.05, 4.69) is 5.32 Å². The molecule has 1 aliphatic rings. The number of rotatable bonds is 7. The highest BCUT2D eigenvalue weighted by Crippen LogP contribution is 2.23. The monoisotopic (exact) mass is 305 g/mol. The van der Waals surface area contributed by atoms with E-state index in [1.165, 1.54) is 14.2 Å². The van der Waals surface area contributed by atoms with E-state index in [1.807, 2.05) is 0 Å². The predicted molar refractivity (Wildman–Crippen MR) is 67.3 cm³/mol. The van der Waals surface area contributed by atoms with Gasteiger partial charge < -0.3 is 34.5 Å². The minimum absolute atomic E-state index is 0.246. The Morgan fingerprint density at radius 3 is 2.43 bits per heavy atom. The minimum atomic E-state index is -1.24. The number of aldehydes is 1. The van der Waals surface area contributed by atoms with E-state index in [-0.39, 0.29) is 12.8 Å². The summed E-state index contributed by atoms with van der Waals surface area (Å²) in [7, 11) is 2.59. The zero-order chi connectivity index (χ0) is 16.0. The average molecular weight is 305 g/mol. The molecular weight excluding hydrogens is 286 g/mol. The largest absolute Gasteiger partial charge is 0.481 e. The fraction of sp³-hybridized carbons (Fsp3) is 0.750. The number of hydrogen-bond acceptors (Lipinski definition) is 7. The maximum absolute atomic E-state index is 11.7. The Morgan fingerprint density at radius 1 is 1.29 bits per heavy atom. The number of aliphatic hydroxyl groups excluding tert-OH is 1. The molecule has 0 spiro atoms. The van der Waals surface area contributed by atoms with Crippen molar-refractivity contribution < 1.29 is 38.8 Å². The summed E-state index contributed by atoms with van der Waals surface area (Å²) in [6.07, 6.45) is -4.37. The third-order valence-corrected chi connectivity index (χ3v) is 3.14. The molecular formula is C12H19NO8. The molecule has 0 saturated carbocycles. The van der Waals surface area contributed by atoms with Gasteiger partial charge in [0, 0.05) is 20.6 Å². The first-order chi connectivity index (χ1) is 9.94. The molecule has 0 aromatic rings. The quantitative estimate of drug-likeness (QED) is 0.473. The number of carboxylic acid groups (broad SMARTS) is 1. The van der Waals surface area contributed by atoms with Crippen molar-refractivity contribution in [2.24, 2.45) is 0 Å². The van der Waals surface area contributed by atoms with Crippen LogP contribution in [0.5, 0.6) is 0 Å². The van der Waals surface area contributed by atoms with Gasteiger partial charge in [0.2, 0.25) is 5.91 Å². The van der Waals surface area contributed by atoms with E-state index >= 15 is 0 Å². The molecule has 0 aromatic heterocycles. The Hall–Kier alpha value is -1.55. The number of carbonyl (C=O) groups is 3. The van der Waals surface area contributed by atoms with Crippen LogP contribution in [-0.4, -0.2) is 73.2 Å². The number of aliphatic carboxylic acids is 1. The molecule has 0 radical (unpaired) electrons. The van der Waals surface area contributed by atoms with Gasteiger partial charge in [-0.2, -0.15) is 0 Å². The van der Waals surface area contributed by atoms with Gasteiger partial charge in [-0.15, -0.1) is 0 Å². The molecule has 9 heteroatoms. The Balaban J connectivity index is 2.75. The minimum Gasteiger partial charge on any atom is -0.481 e. The molecule has 9 nitrogen and oxygen atoms in total. The summed E-state index contributed by atoms with van der Waals surface area (Å²) in [5, 5.41) is 21.1. The summed E-state index contributed by atoms with van der Waals surface area (Å²) in [5.41, 5.74) is 0. The van der Waals surface area contributed by atoms with E-state index in [4.69, 9.17) is 19.3 Å². The number of ether oxygens (including phenoxy) is 3. The summed E-state index contributed by atoms with van der Waals surface area (Å²) < 4.78 is 15.3.